The van der Waals surface area contributed by atoms with Crippen LogP contribution in [0.4, 0.5) is 0 Å². The number of carboxylic acid groups (broad SMARTS) is 1. The Hall–Kier alpha value is -2.82. The summed E-state index contributed by atoms with van der Waals surface area (Å²) in [6.07, 6.45) is 0.811. The summed E-state index contributed by atoms with van der Waals surface area (Å²) in [6.45, 7) is 2.66. The molecule has 2 aromatic carbocycles. The third-order valence-electron chi connectivity index (χ3n) is 3.94. The average Bonchev–Trinajstić information content (AvgIpc) is 2.61. The number of aromatic carboxylic acids is 1. The molecule has 126 valence electrons. The highest BCUT2D eigenvalue weighted by atomic mass is 16.5. The van der Waals surface area contributed by atoms with Crippen molar-refractivity contribution in [3.8, 4) is 5.75 Å². The van der Waals surface area contributed by atoms with E-state index in [-0.39, 0.29) is 11.5 Å². The van der Waals surface area contributed by atoms with Crippen LogP contribution < -0.4 is 10.1 Å². The largest absolute Gasteiger partial charge is 0.497 e. The molecule has 0 fully saturated rings. The van der Waals surface area contributed by atoms with E-state index in [0.717, 1.165) is 12.2 Å². The lowest BCUT2D eigenvalue weighted by molar-refractivity contribution is 0.0696. The molecule has 2 rings (SSSR count). The molecular formula is C19H21NO4. The van der Waals surface area contributed by atoms with Crippen LogP contribution in [-0.2, 0) is 0 Å². The highest BCUT2D eigenvalue weighted by Gasteiger charge is 2.09. The van der Waals surface area contributed by atoms with Gasteiger partial charge in [-0.15, -0.1) is 0 Å². The van der Waals surface area contributed by atoms with Gasteiger partial charge in [-0.3, -0.25) is 4.79 Å². The Morgan fingerprint density at radius 3 is 2.17 bits per heavy atom. The van der Waals surface area contributed by atoms with E-state index in [1.54, 1.807) is 7.11 Å². The number of amides is 1. The first-order valence-corrected chi connectivity index (χ1v) is 7.76. The molecule has 0 bridgehead atoms. The van der Waals surface area contributed by atoms with Gasteiger partial charge in [0.1, 0.15) is 5.75 Å². The molecule has 0 aliphatic heterocycles. The number of hydrogen-bond donors (Lipinski definition) is 2. The van der Waals surface area contributed by atoms with Crippen molar-refractivity contribution in [1.29, 1.82) is 0 Å². The first-order valence-electron chi connectivity index (χ1n) is 7.76. The fraction of sp³-hybridized carbons (Fsp3) is 0.263. The van der Waals surface area contributed by atoms with E-state index in [2.05, 4.69) is 12.2 Å². The molecule has 0 saturated carbocycles. The number of carbonyl (C=O) groups excluding carboxylic acids is 1. The number of carboxylic acids is 1. The monoisotopic (exact) mass is 327 g/mol. The summed E-state index contributed by atoms with van der Waals surface area (Å²) in [4.78, 5) is 22.8. The number of nitrogens with one attached hydrogen (secondary N) is 1. The van der Waals surface area contributed by atoms with Gasteiger partial charge in [-0.1, -0.05) is 19.1 Å². The molecule has 0 saturated heterocycles. The highest BCUT2D eigenvalue weighted by Crippen LogP contribution is 2.21. The molecule has 0 aromatic heterocycles. The van der Waals surface area contributed by atoms with Crippen molar-refractivity contribution >= 4 is 11.9 Å². The molecule has 1 unspecified atom stereocenters. The molecule has 1 atom stereocenters. The number of rotatable bonds is 7. The normalized spacial score (nSPS) is 11.6. The SMILES string of the molecule is COc1ccc(C(C)CCNC(=O)c2ccc(C(=O)O)cc2)cc1. The average molecular weight is 327 g/mol. The maximum absolute atomic E-state index is 12.1. The molecule has 2 N–H and O–H groups in total. The molecule has 0 aliphatic carbocycles. The van der Waals surface area contributed by atoms with Crippen molar-refractivity contribution in [3.63, 3.8) is 0 Å². The smallest absolute Gasteiger partial charge is 0.335 e. The summed E-state index contributed by atoms with van der Waals surface area (Å²) < 4.78 is 5.14. The van der Waals surface area contributed by atoms with Crippen molar-refractivity contribution in [2.75, 3.05) is 13.7 Å². The van der Waals surface area contributed by atoms with E-state index < -0.39 is 5.97 Å². The fourth-order valence-corrected chi connectivity index (χ4v) is 2.37. The van der Waals surface area contributed by atoms with Crippen LogP contribution in [0.1, 0.15) is 45.5 Å². The summed E-state index contributed by atoms with van der Waals surface area (Å²) in [6, 6.07) is 13.8. The standard InChI is InChI=1S/C19H21NO4/c1-13(14-7-9-17(24-2)10-8-14)11-12-20-18(21)15-3-5-16(6-4-15)19(22)23/h3-10,13H,11-12H2,1-2H3,(H,20,21)(H,22,23). The first kappa shape index (κ1) is 17.5. The van der Waals surface area contributed by atoms with Gasteiger partial charge in [-0.25, -0.2) is 4.79 Å². The van der Waals surface area contributed by atoms with Gasteiger partial charge in [0.05, 0.1) is 12.7 Å². The topological polar surface area (TPSA) is 75.6 Å². The summed E-state index contributed by atoms with van der Waals surface area (Å²) in [5.41, 5.74) is 1.81. The van der Waals surface area contributed by atoms with E-state index in [1.165, 1.54) is 29.8 Å². The second-order valence-electron chi connectivity index (χ2n) is 5.60. The van der Waals surface area contributed by atoms with Crippen molar-refractivity contribution in [2.24, 2.45) is 0 Å². The van der Waals surface area contributed by atoms with Gasteiger partial charge in [0, 0.05) is 12.1 Å². The molecule has 24 heavy (non-hydrogen) atoms. The van der Waals surface area contributed by atoms with Crippen molar-refractivity contribution < 1.29 is 19.4 Å². The Balaban J connectivity index is 1.83. The Morgan fingerprint density at radius 1 is 1.04 bits per heavy atom. The molecular weight excluding hydrogens is 306 g/mol. The van der Waals surface area contributed by atoms with Crippen LogP contribution >= 0.6 is 0 Å². The van der Waals surface area contributed by atoms with Crippen LogP contribution in [0.2, 0.25) is 0 Å². The molecule has 0 spiro atoms. The molecule has 1 amide bonds. The van der Waals surface area contributed by atoms with E-state index in [1.807, 2.05) is 24.3 Å². The lowest BCUT2D eigenvalue weighted by Crippen LogP contribution is -2.25. The molecule has 2 aromatic rings. The molecule has 0 heterocycles. The van der Waals surface area contributed by atoms with Gasteiger partial charge in [0.25, 0.3) is 5.91 Å². The number of benzene rings is 2. The number of hydrogen-bond acceptors (Lipinski definition) is 3. The number of carbonyl (C=O) groups is 2. The van der Waals surface area contributed by atoms with E-state index in [9.17, 15) is 9.59 Å². The third kappa shape index (κ3) is 4.59. The van der Waals surface area contributed by atoms with Crippen LogP contribution in [-0.4, -0.2) is 30.6 Å². The molecule has 0 aliphatic rings. The predicted octanol–water partition coefficient (Wildman–Crippen LogP) is 3.32. The first-order chi connectivity index (χ1) is 11.5. The Kier molecular flexibility index (Phi) is 5.95. The van der Waals surface area contributed by atoms with E-state index in [0.29, 0.717) is 18.0 Å². The van der Waals surface area contributed by atoms with Gasteiger partial charge < -0.3 is 15.2 Å². The van der Waals surface area contributed by atoms with Crippen molar-refractivity contribution in [3.05, 3.63) is 65.2 Å². The van der Waals surface area contributed by atoms with Gasteiger partial charge in [-0.05, 0) is 54.3 Å². The van der Waals surface area contributed by atoms with E-state index in [4.69, 9.17) is 9.84 Å². The lowest BCUT2D eigenvalue weighted by atomic mass is 9.98. The van der Waals surface area contributed by atoms with Gasteiger partial charge in [0.15, 0.2) is 0 Å². The van der Waals surface area contributed by atoms with Gasteiger partial charge >= 0.3 is 5.97 Å². The molecule has 0 radical (unpaired) electrons. The minimum atomic E-state index is -1.00. The fourth-order valence-electron chi connectivity index (χ4n) is 2.37. The van der Waals surface area contributed by atoms with Crippen LogP contribution in [0.3, 0.4) is 0 Å². The zero-order valence-corrected chi connectivity index (χ0v) is 13.8. The minimum absolute atomic E-state index is 0.166. The Bertz CT molecular complexity index is 692. The zero-order valence-electron chi connectivity index (χ0n) is 13.8. The van der Waals surface area contributed by atoms with Gasteiger partial charge in [0.2, 0.25) is 0 Å². The number of methoxy groups -OCH3 is 1. The van der Waals surface area contributed by atoms with Crippen molar-refractivity contribution in [1.82, 2.24) is 5.32 Å². The highest BCUT2D eigenvalue weighted by molar-refractivity contribution is 5.95. The second kappa shape index (κ2) is 8.15. The van der Waals surface area contributed by atoms with E-state index >= 15 is 0 Å². The quantitative estimate of drug-likeness (QED) is 0.818. The Labute approximate surface area is 141 Å². The predicted molar refractivity (Wildman–Crippen MR) is 91.8 cm³/mol. The van der Waals surface area contributed by atoms with Crippen LogP contribution in [0.25, 0.3) is 0 Å². The van der Waals surface area contributed by atoms with Crippen LogP contribution in [0.15, 0.2) is 48.5 Å². The summed E-state index contributed by atoms with van der Waals surface area (Å²) in [7, 11) is 1.64. The Morgan fingerprint density at radius 2 is 1.62 bits per heavy atom. The number of ether oxygens (including phenoxy) is 1. The maximum atomic E-state index is 12.1. The molecule has 5 heteroatoms. The summed E-state index contributed by atoms with van der Waals surface area (Å²) in [5, 5.41) is 11.7. The van der Waals surface area contributed by atoms with Crippen LogP contribution in [0.5, 0.6) is 5.75 Å². The third-order valence-corrected chi connectivity index (χ3v) is 3.94. The second-order valence-corrected chi connectivity index (χ2v) is 5.60. The summed E-state index contributed by atoms with van der Waals surface area (Å²) in [5.74, 6) is -0.0706. The lowest BCUT2D eigenvalue weighted by Gasteiger charge is -2.13. The minimum Gasteiger partial charge on any atom is -0.497 e. The van der Waals surface area contributed by atoms with Gasteiger partial charge in [-0.2, -0.15) is 0 Å². The molecule has 5 nitrogen and oxygen atoms in total. The van der Waals surface area contributed by atoms with Crippen LogP contribution in [0, 0.1) is 0 Å². The zero-order chi connectivity index (χ0) is 17.5. The summed E-state index contributed by atoms with van der Waals surface area (Å²) >= 11 is 0. The van der Waals surface area contributed by atoms with Crippen molar-refractivity contribution in [2.45, 2.75) is 19.3 Å². The maximum Gasteiger partial charge on any atom is 0.335 e.